The lowest BCUT2D eigenvalue weighted by Crippen LogP contribution is -2.37. The maximum atomic E-state index is 10.5. The minimum Gasteiger partial charge on any atom is -0.546 e. The molecule has 1 rings (SSSR count). The van der Waals surface area contributed by atoms with Gasteiger partial charge in [0.25, 0.3) is 0 Å². The van der Waals surface area contributed by atoms with Gasteiger partial charge >= 0.3 is 0 Å². The quantitative estimate of drug-likeness (QED) is 0.658. The van der Waals surface area contributed by atoms with Crippen LogP contribution < -0.4 is 14.6 Å². The summed E-state index contributed by atoms with van der Waals surface area (Å²) in [6.45, 7) is 1.35. The maximum Gasteiger partial charge on any atom is 0.162 e. The van der Waals surface area contributed by atoms with E-state index in [1.807, 2.05) is 0 Å². The second-order valence-corrected chi connectivity index (χ2v) is 3.11. The fourth-order valence-corrected chi connectivity index (χ4v) is 1.09. The van der Waals surface area contributed by atoms with Crippen molar-refractivity contribution >= 4 is 12.3 Å². The summed E-state index contributed by atoms with van der Waals surface area (Å²) in [7, 11) is 1.40. The summed E-state index contributed by atoms with van der Waals surface area (Å²) < 4.78 is 10.1. The molecule has 0 fully saturated rings. The zero-order valence-electron chi connectivity index (χ0n) is 8.93. The topological polar surface area (TPSA) is 75.7 Å². The van der Waals surface area contributed by atoms with Crippen molar-refractivity contribution < 1.29 is 24.2 Å². The Hall–Kier alpha value is -2.04. The molecule has 0 saturated carbocycles. The number of rotatable bonds is 5. The Balaban J connectivity index is 2.95. The molecule has 0 heterocycles. The number of hydrogen-bond acceptors (Lipinski definition) is 5. The van der Waals surface area contributed by atoms with Gasteiger partial charge < -0.3 is 19.4 Å². The molecule has 0 spiro atoms. The van der Waals surface area contributed by atoms with Gasteiger partial charge in [-0.2, -0.15) is 0 Å². The van der Waals surface area contributed by atoms with Crippen LogP contribution in [0.1, 0.15) is 17.3 Å². The number of aldehydes is 1. The van der Waals surface area contributed by atoms with Crippen LogP contribution in [0.5, 0.6) is 11.5 Å². The van der Waals surface area contributed by atoms with E-state index >= 15 is 0 Å². The summed E-state index contributed by atoms with van der Waals surface area (Å²) in [5.74, 6) is -0.760. The summed E-state index contributed by atoms with van der Waals surface area (Å²) >= 11 is 0. The Labute approximate surface area is 92.6 Å². The third kappa shape index (κ3) is 2.73. The number of ether oxygens (including phenoxy) is 2. The van der Waals surface area contributed by atoms with Crippen molar-refractivity contribution in [2.45, 2.75) is 13.0 Å². The molecule has 0 aliphatic heterocycles. The van der Waals surface area contributed by atoms with Crippen molar-refractivity contribution in [3.8, 4) is 11.5 Å². The van der Waals surface area contributed by atoms with Gasteiger partial charge in [-0.3, -0.25) is 4.79 Å². The lowest BCUT2D eigenvalue weighted by Gasteiger charge is -2.17. The van der Waals surface area contributed by atoms with E-state index in [9.17, 15) is 14.7 Å². The predicted molar refractivity (Wildman–Crippen MR) is 53.5 cm³/mol. The molecule has 0 amide bonds. The summed E-state index contributed by atoms with van der Waals surface area (Å²) in [5.41, 5.74) is 0.422. The second kappa shape index (κ2) is 5.16. The van der Waals surface area contributed by atoms with E-state index in [4.69, 9.17) is 9.47 Å². The Morgan fingerprint density at radius 2 is 2.12 bits per heavy atom. The van der Waals surface area contributed by atoms with Crippen molar-refractivity contribution in [3.05, 3.63) is 23.8 Å². The first-order valence-electron chi connectivity index (χ1n) is 4.59. The van der Waals surface area contributed by atoms with Crippen LogP contribution in [0.2, 0.25) is 0 Å². The molecule has 0 aliphatic carbocycles. The Morgan fingerprint density at radius 1 is 1.44 bits per heavy atom. The van der Waals surface area contributed by atoms with Gasteiger partial charge in [0.15, 0.2) is 11.5 Å². The third-order valence-electron chi connectivity index (χ3n) is 1.96. The van der Waals surface area contributed by atoms with Crippen molar-refractivity contribution in [1.29, 1.82) is 0 Å². The van der Waals surface area contributed by atoms with Crippen LogP contribution in [0.25, 0.3) is 0 Å². The zero-order valence-corrected chi connectivity index (χ0v) is 8.93. The monoisotopic (exact) mass is 223 g/mol. The summed E-state index contributed by atoms with van der Waals surface area (Å²) in [6.07, 6.45) is -0.426. The Morgan fingerprint density at radius 3 is 2.62 bits per heavy atom. The maximum absolute atomic E-state index is 10.5. The smallest absolute Gasteiger partial charge is 0.162 e. The van der Waals surface area contributed by atoms with Gasteiger partial charge in [0, 0.05) is 5.56 Å². The lowest BCUT2D eigenvalue weighted by molar-refractivity contribution is -0.312. The van der Waals surface area contributed by atoms with E-state index in [2.05, 4.69) is 0 Å². The van der Waals surface area contributed by atoms with E-state index < -0.39 is 12.1 Å². The first-order valence-corrected chi connectivity index (χ1v) is 4.59. The SMILES string of the molecule is COc1cc(C=O)ccc1O[C@H](C)C(=O)[O-]. The minimum atomic E-state index is -1.32. The van der Waals surface area contributed by atoms with Gasteiger partial charge in [-0.05, 0) is 25.1 Å². The van der Waals surface area contributed by atoms with Crippen LogP contribution in [0.15, 0.2) is 18.2 Å². The molecule has 0 N–H and O–H groups in total. The molecule has 1 aromatic carbocycles. The molecule has 0 aliphatic rings. The average molecular weight is 223 g/mol. The fraction of sp³-hybridized carbons (Fsp3) is 0.273. The molecule has 0 aromatic heterocycles. The number of carbonyl (C=O) groups is 2. The molecular weight excluding hydrogens is 212 g/mol. The van der Waals surface area contributed by atoms with Crippen molar-refractivity contribution in [1.82, 2.24) is 0 Å². The van der Waals surface area contributed by atoms with Crippen molar-refractivity contribution in [2.75, 3.05) is 7.11 Å². The molecule has 1 aromatic rings. The number of aliphatic carboxylic acids is 1. The van der Waals surface area contributed by atoms with Crippen molar-refractivity contribution in [3.63, 3.8) is 0 Å². The largest absolute Gasteiger partial charge is 0.546 e. The molecule has 86 valence electrons. The van der Waals surface area contributed by atoms with Crippen LogP contribution in [0, 0.1) is 0 Å². The molecule has 1 atom stereocenters. The van der Waals surface area contributed by atoms with Gasteiger partial charge in [-0.1, -0.05) is 0 Å². The number of methoxy groups -OCH3 is 1. The van der Waals surface area contributed by atoms with Crippen LogP contribution in [-0.4, -0.2) is 25.5 Å². The molecule has 5 nitrogen and oxygen atoms in total. The highest BCUT2D eigenvalue weighted by atomic mass is 16.5. The van der Waals surface area contributed by atoms with Crippen LogP contribution in [0.3, 0.4) is 0 Å². The van der Waals surface area contributed by atoms with Crippen LogP contribution >= 0.6 is 0 Å². The highest BCUT2D eigenvalue weighted by Crippen LogP contribution is 2.28. The first-order chi connectivity index (χ1) is 7.58. The van der Waals surface area contributed by atoms with E-state index in [1.165, 1.54) is 32.2 Å². The molecule has 0 bridgehead atoms. The summed E-state index contributed by atoms with van der Waals surface area (Å²) in [4.78, 5) is 21.0. The molecule has 0 radical (unpaired) electrons. The molecular formula is C11H11O5-. The molecule has 0 saturated heterocycles. The second-order valence-electron chi connectivity index (χ2n) is 3.11. The molecule has 0 unspecified atom stereocenters. The van der Waals surface area contributed by atoms with E-state index in [0.717, 1.165) is 0 Å². The number of carboxylic acids is 1. The predicted octanol–water partition coefficient (Wildman–Crippen LogP) is 0.0249. The molecule has 5 heteroatoms. The number of carboxylic acid groups (broad SMARTS) is 1. The average Bonchev–Trinajstić information content (AvgIpc) is 2.29. The van der Waals surface area contributed by atoms with Gasteiger partial charge in [0.2, 0.25) is 0 Å². The van der Waals surface area contributed by atoms with Crippen LogP contribution in [0.4, 0.5) is 0 Å². The highest BCUT2D eigenvalue weighted by Gasteiger charge is 2.10. The van der Waals surface area contributed by atoms with E-state index in [-0.39, 0.29) is 5.75 Å². The standard InChI is InChI=1S/C11H12O5/c1-7(11(13)14)16-9-4-3-8(6-12)5-10(9)15-2/h3-7H,1-2H3,(H,13,14)/p-1/t7-/m1/s1. The normalized spacial score (nSPS) is 11.6. The third-order valence-corrected chi connectivity index (χ3v) is 1.96. The van der Waals surface area contributed by atoms with Gasteiger partial charge in [-0.25, -0.2) is 0 Å². The van der Waals surface area contributed by atoms with Crippen LogP contribution in [-0.2, 0) is 4.79 Å². The van der Waals surface area contributed by atoms with E-state index in [1.54, 1.807) is 0 Å². The highest BCUT2D eigenvalue weighted by molar-refractivity contribution is 5.76. The fourth-order valence-electron chi connectivity index (χ4n) is 1.09. The molecule has 16 heavy (non-hydrogen) atoms. The summed E-state index contributed by atoms with van der Waals surface area (Å²) in [6, 6.07) is 4.44. The minimum absolute atomic E-state index is 0.254. The first kappa shape index (κ1) is 12.0. The number of hydrogen-bond donors (Lipinski definition) is 0. The lowest BCUT2D eigenvalue weighted by atomic mass is 10.2. The zero-order chi connectivity index (χ0) is 12.1. The van der Waals surface area contributed by atoms with Gasteiger partial charge in [0.05, 0.1) is 13.1 Å². The van der Waals surface area contributed by atoms with Crippen molar-refractivity contribution in [2.24, 2.45) is 0 Å². The Bertz CT molecular complexity index is 399. The number of benzene rings is 1. The Kier molecular flexibility index (Phi) is 3.88. The van der Waals surface area contributed by atoms with Gasteiger partial charge in [0.1, 0.15) is 12.4 Å². The summed E-state index contributed by atoms with van der Waals surface area (Å²) in [5, 5.41) is 10.5. The van der Waals surface area contributed by atoms with E-state index in [0.29, 0.717) is 17.6 Å². The number of carbonyl (C=O) groups excluding carboxylic acids is 2. The van der Waals surface area contributed by atoms with Gasteiger partial charge in [-0.15, -0.1) is 0 Å².